The smallest absolute Gasteiger partial charge is 0.399 e. The van der Waals surface area contributed by atoms with Gasteiger partial charge in [-0.05, 0) is 18.2 Å². The highest BCUT2D eigenvalue weighted by Crippen LogP contribution is 2.40. The van der Waals surface area contributed by atoms with Gasteiger partial charge in [-0.2, -0.15) is 13.2 Å². The third kappa shape index (κ3) is 2.92. The number of alkyl halides is 3. The summed E-state index contributed by atoms with van der Waals surface area (Å²) in [5.74, 6) is 0. The van der Waals surface area contributed by atoms with Crippen LogP contribution in [0.25, 0.3) is 0 Å². The van der Waals surface area contributed by atoms with Crippen molar-refractivity contribution in [2.24, 2.45) is 0 Å². The summed E-state index contributed by atoms with van der Waals surface area (Å²) in [5.41, 5.74) is 4.75. The molecule has 1 heterocycles. The van der Waals surface area contributed by atoms with Crippen LogP contribution < -0.4 is 5.73 Å². The topological polar surface area (TPSA) is 38.9 Å². The van der Waals surface area contributed by atoms with Crippen LogP contribution in [-0.4, -0.2) is 4.98 Å². The van der Waals surface area contributed by atoms with Gasteiger partial charge in [0.2, 0.25) is 0 Å². The minimum Gasteiger partial charge on any atom is -0.399 e. The average molecular weight is 276 g/mol. The molecule has 7 heteroatoms. The van der Waals surface area contributed by atoms with E-state index in [0.717, 1.165) is 17.8 Å². The number of nitrogens with two attached hydrogens (primary N) is 1. The highest BCUT2D eigenvalue weighted by atomic mass is 32.2. The van der Waals surface area contributed by atoms with Gasteiger partial charge in [0.25, 0.3) is 0 Å². The zero-order chi connectivity index (χ0) is 12.5. The summed E-state index contributed by atoms with van der Waals surface area (Å²) in [6.45, 7) is 0. The van der Waals surface area contributed by atoms with Crippen molar-refractivity contribution >= 4 is 28.8 Å². The fraction of sp³-hybridized carbons (Fsp3) is 0.100. The van der Waals surface area contributed by atoms with Crippen LogP contribution in [0.4, 0.5) is 18.9 Å². The number of hydrogen-bond acceptors (Lipinski definition) is 4. The van der Waals surface area contributed by atoms with Gasteiger partial charge in [0.1, 0.15) is 0 Å². The molecule has 0 bridgehead atoms. The van der Waals surface area contributed by atoms with Gasteiger partial charge in [-0.25, -0.2) is 4.98 Å². The molecular formula is C10H7F3N2S2. The van der Waals surface area contributed by atoms with Crippen molar-refractivity contribution in [3.8, 4) is 0 Å². The van der Waals surface area contributed by atoms with Crippen LogP contribution in [0.2, 0.25) is 0 Å². The number of nitrogen functional groups attached to an aromatic ring is 1. The van der Waals surface area contributed by atoms with E-state index >= 15 is 0 Å². The molecule has 0 aliphatic heterocycles. The van der Waals surface area contributed by atoms with Crippen LogP contribution in [0.5, 0.6) is 0 Å². The van der Waals surface area contributed by atoms with Crippen molar-refractivity contribution < 1.29 is 13.2 Å². The lowest BCUT2D eigenvalue weighted by Crippen LogP contribution is -2.07. The van der Waals surface area contributed by atoms with E-state index in [4.69, 9.17) is 5.73 Å². The molecule has 0 saturated heterocycles. The minimum absolute atomic E-state index is 0.0980. The van der Waals surface area contributed by atoms with Crippen LogP contribution in [0.3, 0.4) is 0 Å². The number of aromatic nitrogens is 1. The lowest BCUT2D eigenvalue weighted by molar-refractivity contribution is -0.139. The van der Waals surface area contributed by atoms with Gasteiger partial charge in [-0.15, -0.1) is 11.3 Å². The molecular weight excluding hydrogens is 269 g/mol. The van der Waals surface area contributed by atoms with Gasteiger partial charge >= 0.3 is 6.18 Å². The number of anilines is 1. The normalized spacial score (nSPS) is 11.7. The van der Waals surface area contributed by atoms with Gasteiger partial charge in [-0.1, -0.05) is 11.8 Å². The van der Waals surface area contributed by atoms with Crippen LogP contribution in [-0.2, 0) is 6.18 Å². The van der Waals surface area contributed by atoms with Gasteiger partial charge in [-0.3, -0.25) is 0 Å². The Balaban J connectivity index is 2.40. The molecule has 90 valence electrons. The molecule has 17 heavy (non-hydrogen) atoms. The van der Waals surface area contributed by atoms with Crippen molar-refractivity contribution in [1.82, 2.24) is 4.98 Å². The van der Waals surface area contributed by atoms with Crippen molar-refractivity contribution in [2.45, 2.75) is 15.4 Å². The Hall–Kier alpha value is -1.21. The maximum Gasteiger partial charge on any atom is 0.417 e. The third-order valence-corrected chi connectivity index (χ3v) is 3.88. The van der Waals surface area contributed by atoms with E-state index in [1.807, 2.05) is 0 Å². The number of thiazole rings is 1. The highest BCUT2D eigenvalue weighted by molar-refractivity contribution is 8.01. The zero-order valence-corrected chi connectivity index (χ0v) is 9.99. The molecule has 0 amide bonds. The molecule has 0 atom stereocenters. The van der Waals surface area contributed by atoms with Gasteiger partial charge in [0.15, 0.2) is 4.34 Å². The Kier molecular flexibility index (Phi) is 3.30. The average Bonchev–Trinajstić information content (AvgIpc) is 2.72. The van der Waals surface area contributed by atoms with E-state index in [-0.39, 0.29) is 10.6 Å². The molecule has 0 aliphatic carbocycles. The maximum absolute atomic E-state index is 12.8. The Labute approximate surface area is 104 Å². The van der Waals surface area contributed by atoms with Crippen molar-refractivity contribution in [3.63, 3.8) is 0 Å². The van der Waals surface area contributed by atoms with E-state index in [0.29, 0.717) is 4.34 Å². The molecule has 2 aromatic rings. The van der Waals surface area contributed by atoms with Crippen LogP contribution in [0, 0.1) is 0 Å². The lowest BCUT2D eigenvalue weighted by Gasteiger charge is -2.11. The molecule has 0 unspecified atom stereocenters. The summed E-state index contributed by atoms with van der Waals surface area (Å²) in [6, 6.07) is 3.76. The van der Waals surface area contributed by atoms with E-state index in [1.54, 1.807) is 11.6 Å². The Bertz CT molecular complexity index is 509. The van der Waals surface area contributed by atoms with Crippen molar-refractivity contribution in [1.29, 1.82) is 0 Å². The van der Waals surface area contributed by atoms with Gasteiger partial charge < -0.3 is 5.73 Å². The first kappa shape index (κ1) is 12.3. The molecule has 0 radical (unpaired) electrons. The molecule has 0 fully saturated rings. The maximum atomic E-state index is 12.8. The van der Waals surface area contributed by atoms with Crippen molar-refractivity contribution in [3.05, 3.63) is 35.3 Å². The number of halogens is 3. The van der Waals surface area contributed by atoms with E-state index < -0.39 is 11.7 Å². The first-order valence-electron chi connectivity index (χ1n) is 4.51. The standard InChI is InChI=1S/C10H7F3N2S2/c11-10(12,13)7-5-6(14)1-2-8(7)17-9-15-3-4-16-9/h1-5H,14H2. The predicted molar refractivity (Wildman–Crippen MR) is 62.1 cm³/mol. The fourth-order valence-corrected chi connectivity index (χ4v) is 2.92. The van der Waals surface area contributed by atoms with Crippen LogP contribution >= 0.6 is 23.1 Å². The molecule has 0 spiro atoms. The summed E-state index contributed by atoms with van der Waals surface area (Å²) in [4.78, 5) is 4.05. The third-order valence-electron chi connectivity index (χ3n) is 1.92. The number of nitrogens with zero attached hydrogens (tertiary/aromatic N) is 1. The molecule has 0 aliphatic rings. The molecule has 1 aromatic carbocycles. The quantitative estimate of drug-likeness (QED) is 0.846. The zero-order valence-electron chi connectivity index (χ0n) is 8.36. The summed E-state index contributed by atoms with van der Waals surface area (Å²) in [6.07, 6.45) is -2.85. The van der Waals surface area contributed by atoms with Crippen LogP contribution in [0.15, 0.2) is 39.0 Å². The number of hydrogen-bond donors (Lipinski definition) is 1. The predicted octanol–water partition coefficient (Wildman–Crippen LogP) is 3.90. The molecule has 2 rings (SSSR count). The molecule has 0 saturated carbocycles. The number of benzene rings is 1. The second-order valence-electron chi connectivity index (χ2n) is 3.15. The van der Waals surface area contributed by atoms with E-state index in [2.05, 4.69) is 4.98 Å². The largest absolute Gasteiger partial charge is 0.417 e. The minimum atomic E-state index is -4.41. The Morgan fingerprint density at radius 3 is 2.65 bits per heavy atom. The highest BCUT2D eigenvalue weighted by Gasteiger charge is 2.34. The second-order valence-corrected chi connectivity index (χ2v) is 5.34. The SMILES string of the molecule is Nc1ccc(Sc2nccs2)c(C(F)(F)F)c1. The first-order chi connectivity index (χ1) is 7.97. The Morgan fingerprint density at radius 1 is 1.29 bits per heavy atom. The number of rotatable bonds is 2. The van der Waals surface area contributed by atoms with Crippen molar-refractivity contribution in [2.75, 3.05) is 5.73 Å². The van der Waals surface area contributed by atoms with E-state index in [1.165, 1.54) is 23.5 Å². The molecule has 1 aromatic heterocycles. The monoisotopic (exact) mass is 276 g/mol. The van der Waals surface area contributed by atoms with Crippen LogP contribution in [0.1, 0.15) is 5.56 Å². The van der Waals surface area contributed by atoms with E-state index in [9.17, 15) is 13.2 Å². The first-order valence-corrected chi connectivity index (χ1v) is 6.20. The van der Waals surface area contributed by atoms with Gasteiger partial charge in [0.05, 0.1) is 5.56 Å². The Morgan fingerprint density at radius 2 is 2.06 bits per heavy atom. The summed E-state index contributed by atoms with van der Waals surface area (Å²) >= 11 is 2.28. The fourth-order valence-electron chi connectivity index (χ4n) is 1.21. The summed E-state index contributed by atoms with van der Waals surface area (Å²) in [5, 5.41) is 1.72. The summed E-state index contributed by atoms with van der Waals surface area (Å²) in [7, 11) is 0. The summed E-state index contributed by atoms with van der Waals surface area (Å²) < 4.78 is 38.9. The molecule has 2 nitrogen and oxygen atoms in total. The lowest BCUT2D eigenvalue weighted by atomic mass is 10.2. The second kappa shape index (κ2) is 4.58. The van der Waals surface area contributed by atoms with Gasteiger partial charge in [0, 0.05) is 22.2 Å². The molecule has 2 N–H and O–H groups in total.